The molecule has 0 N–H and O–H groups in total. The summed E-state index contributed by atoms with van der Waals surface area (Å²) in [5.74, 6) is 0.629. The number of piperazine rings is 1. The topological polar surface area (TPSA) is 32.8 Å². The van der Waals surface area contributed by atoms with Gasteiger partial charge in [0.15, 0.2) is 0 Å². The average molecular weight is 469 g/mol. The van der Waals surface area contributed by atoms with Gasteiger partial charge in [0.1, 0.15) is 12.4 Å². The molecule has 0 aromatic heterocycles. The van der Waals surface area contributed by atoms with Crippen molar-refractivity contribution in [3.05, 3.63) is 99.0 Å². The van der Waals surface area contributed by atoms with Gasteiger partial charge in [-0.25, -0.2) is 0 Å². The Bertz CT molecular complexity index is 1080. The second kappa shape index (κ2) is 10.4. The molecule has 1 amide bonds. The van der Waals surface area contributed by atoms with Crippen LogP contribution in [0.3, 0.4) is 0 Å². The number of nitrogens with zero attached hydrogens (tertiary/aromatic N) is 2. The zero-order chi connectivity index (χ0) is 22.5. The second-order valence-corrected chi connectivity index (χ2v) is 8.96. The molecule has 4 rings (SSSR count). The number of halogens is 2. The average Bonchev–Trinajstić information content (AvgIpc) is 2.80. The van der Waals surface area contributed by atoms with E-state index in [4.69, 9.17) is 27.9 Å². The third kappa shape index (κ3) is 5.83. The fraction of sp³-hybridized carbons (Fsp3) is 0.269. The molecule has 6 heteroatoms. The van der Waals surface area contributed by atoms with E-state index in [0.29, 0.717) is 28.0 Å². The summed E-state index contributed by atoms with van der Waals surface area (Å²) in [4.78, 5) is 17.4. The molecular formula is C26H26Cl2N2O2. The van der Waals surface area contributed by atoms with Gasteiger partial charge in [-0.15, -0.1) is 0 Å². The fourth-order valence-corrected chi connectivity index (χ4v) is 4.25. The number of hydrogen-bond acceptors (Lipinski definition) is 3. The normalized spacial score (nSPS) is 14.4. The molecular weight excluding hydrogens is 443 g/mol. The van der Waals surface area contributed by atoms with Crippen LogP contribution in [0, 0.1) is 6.92 Å². The smallest absolute Gasteiger partial charge is 0.253 e. The summed E-state index contributed by atoms with van der Waals surface area (Å²) in [5, 5.41) is 1.03. The maximum Gasteiger partial charge on any atom is 0.253 e. The summed E-state index contributed by atoms with van der Waals surface area (Å²) in [6.45, 7) is 6.55. The summed E-state index contributed by atoms with van der Waals surface area (Å²) in [7, 11) is 0. The highest BCUT2D eigenvalue weighted by atomic mass is 35.5. The molecule has 3 aromatic rings. The van der Waals surface area contributed by atoms with Crippen LogP contribution in [0.5, 0.6) is 5.75 Å². The number of ether oxygens (including phenoxy) is 1. The highest BCUT2D eigenvalue weighted by molar-refractivity contribution is 6.35. The SMILES string of the molecule is Cc1ccc(CN2CCN(C(=O)c3cccc(COc4ccc(Cl)cc4Cl)c3)CC2)cc1. The first kappa shape index (κ1) is 22.7. The minimum Gasteiger partial charge on any atom is -0.487 e. The van der Waals surface area contributed by atoms with Gasteiger partial charge in [-0.1, -0.05) is 65.2 Å². The maximum absolute atomic E-state index is 13.1. The zero-order valence-electron chi connectivity index (χ0n) is 18.1. The number of hydrogen-bond donors (Lipinski definition) is 0. The van der Waals surface area contributed by atoms with Gasteiger partial charge >= 0.3 is 0 Å². The lowest BCUT2D eigenvalue weighted by Crippen LogP contribution is -2.48. The molecule has 166 valence electrons. The van der Waals surface area contributed by atoms with Crippen LogP contribution in [0.15, 0.2) is 66.7 Å². The predicted molar refractivity (Wildman–Crippen MR) is 130 cm³/mol. The van der Waals surface area contributed by atoms with Crippen molar-refractivity contribution < 1.29 is 9.53 Å². The van der Waals surface area contributed by atoms with Crippen molar-refractivity contribution in [1.29, 1.82) is 0 Å². The number of carbonyl (C=O) groups is 1. The first-order valence-corrected chi connectivity index (χ1v) is 11.5. The zero-order valence-corrected chi connectivity index (χ0v) is 19.6. The lowest BCUT2D eigenvalue weighted by molar-refractivity contribution is 0.0628. The van der Waals surface area contributed by atoms with Crippen LogP contribution in [0.1, 0.15) is 27.0 Å². The van der Waals surface area contributed by atoms with E-state index in [1.165, 1.54) is 11.1 Å². The van der Waals surface area contributed by atoms with Crippen molar-refractivity contribution in [2.45, 2.75) is 20.1 Å². The van der Waals surface area contributed by atoms with Crippen LogP contribution in [0.4, 0.5) is 0 Å². The van der Waals surface area contributed by atoms with Crippen LogP contribution >= 0.6 is 23.2 Å². The van der Waals surface area contributed by atoms with Gasteiger partial charge < -0.3 is 9.64 Å². The van der Waals surface area contributed by atoms with Crippen LogP contribution in [-0.2, 0) is 13.2 Å². The molecule has 32 heavy (non-hydrogen) atoms. The molecule has 1 fully saturated rings. The Morgan fingerprint density at radius 2 is 1.66 bits per heavy atom. The Hall–Kier alpha value is -2.53. The minimum atomic E-state index is 0.0614. The molecule has 0 saturated carbocycles. The summed E-state index contributed by atoms with van der Waals surface area (Å²) < 4.78 is 5.81. The Kier molecular flexibility index (Phi) is 7.36. The van der Waals surface area contributed by atoms with Crippen molar-refractivity contribution in [3.8, 4) is 5.75 Å². The molecule has 1 aliphatic heterocycles. The second-order valence-electron chi connectivity index (χ2n) is 8.12. The lowest BCUT2D eigenvalue weighted by atomic mass is 10.1. The lowest BCUT2D eigenvalue weighted by Gasteiger charge is -2.35. The van der Waals surface area contributed by atoms with Crippen LogP contribution in [0.2, 0.25) is 10.0 Å². The van der Waals surface area contributed by atoms with E-state index < -0.39 is 0 Å². The maximum atomic E-state index is 13.1. The summed E-state index contributed by atoms with van der Waals surface area (Å²) in [6.07, 6.45) is 0. The van der Waals surface area contributed by atoms with Crippen LogP contribution in [-0.4, -0.2) is 41.9 Å². The number of rotatable bonds is 6. The van der Waals surface area contributed by atoms with Crippen molar-refractivity contribution in [2.75, 3.05) is 26.2 Å². The van der Waals surface area contributed by atoms with Crippen molar-refractivity contribution in [3.63, 3.8) is 0 Å². The van der Waals surface area contributed by atoms with E-state index in [-0.39, 0.29) is 5.91 Å². The van der Waals surface area contributed by atoms with Crippen LogP contribution < -0.4 is 4.74 Å². The van der Waals surface area contributed by atoms with Gasteiger partial charge in [-0.3, -0.25) is 9.69 Å². The molecule has 0 atom stereocenters. The molecule has 4 nitrogen and oxygen atoms in total. The van der Waals surface area contributed by atoms with Crippen molar-refractivity contribution >= 4 is 29.1 Å². The van der Waals surface area contributed by atoms with Gasteiger partial charge in [-0.2, -0.15) is 0 Å². The molecule has 3 aromatic carbocycles. The van der Waals surface area contributed by atoms with Gasteiger partial charge in [0.2, 0.25) is 0 Å². The van der Waals surface area contributed by atoms with E-state index in [1.54, 1.807) is 18.2 Å². The van der Waals surface area contributed by atoms with Gasteiger partial charge in [0.25, 0.3) is 5.91 Å². The molecule has 1 aliphatic rings. The Balaban J connectivity index is 1.32. The minimum absolute atomic E-state index is 0.0614. The molecule has 1 heterocycles. The first-order valence-electron chi connectivity index (χ1n) is 10.7. The fourth-order valence-electron chi connectivity index (χ4n) is 3.79. The molecule has 0 radical (unpaired) electrons. The first-order chi connectivity index (χ1) is 15.5. The third-order valence-electron chi connectivity index (χ3n) is 5.65. The van der Waals surface area contributed by atoms with E-state index in [2.05, 4.69) is 36.1 Å². The van der Waals surface area contributed by atoms with E-state index in [9.17, 15) is 4.79 Å². The predicted octanol–water partition coefficient (Wildman–Crippen LogP) is 5.84. The molecule has 1 saturated heterocycles. The van der Waals surface area contributed by atoms with E-state index in [1.807, 2.05) is 29.2 Å². The quantitative estimate of drug-likeness (QED) is 0.455. The largest absolute Gasteiger partial charge is 0.487 e. The van der Waals surface area contributed by atoms with E-state index >= 15 is 0 Å². The summed E-state index contributed by atoms with van der Waals surface area (Å²) in [5.41, 5.74) is 4.18. The summed E-state index contributed by atoms with van der Waals surface area (Å²) in [6, 6.07) is 21.4. The van der Waals surface area contributed by atoms with Crippen molar-refractivity contribution in [2.24, 2.45) is 0 Å². The van der Waals surface area contributed by atoms with Crippen LogP contribution in [0.25, 0.3) is 0 Å². The highest BCUT2D eigenvalue weighted by Crippen LogP contribution is 2.28. The molecule has 0 spiro atoms. The molecule has 0 aliphatic carbocycles. The van der Waals surface area contributed by atoms with Gasteiger partial charge in [0.05, 0.1) is 5.02 Å². The van der Waals surface area contributed by atoms with Crippen molar-refractivity contribution in [1.82, 2.24) is 9.80 Å². The van der Waals surface area contributed by atoms with E-state index in [0.717, 1.165) is 38.3 Å². The summed E-state index contributed by atoms with van der Waals surface area (Å²) >= 11 is 12.1. The number of amides is 1. The Labute approximate surface area is 199 Å². The number of carbonyl (C=O) groups excluding carboxylic acids is 1. The number of benzene rings is 3. The Morgan fingerprint density at radius 3 is 2.38 bits per heavy atom. The molecule has 0 unspecified atom stereocenters. The number of aryl methyl sites for hydroxylation is 1. The monoisotopic (exact) mass is 468 g/mol. The molecule has 0 bridgehead atoms. The third-order valence-corrected chi connectivity index (χ3v) is 6.18. The highest BCUT2D eigenvalue weighted by Gasteiger charge is 2.22. The Morgan fingerprint density at radius 1 is 0.906 bits per heavy atom. The standard InChI is InChI=1S/C26H26Cl2N2O2/c1-19-5-7-20(8-6-19)17-29-11-13-30(14-12-29)26(31)22-4-2-3-21(15-22)18-32-25-10-9-23(27)16-24(25)28/h2-10,15-16H,11-14,17-18H2,1H3. The van der Waals surface area contributed by atoms with Gasteiger partial charge in [0, 0.05) is 43.3 Å². The van der Waals surface area contributed by atoms with Gasteiger partial charge in [-0.05, 0) is 48.4 Å².